The molecule has 1 spiro atoms. The van der Waals surface area contributed by atoms with E-state index in [9.17, 15) is 18.0 Å². The van der Waals surface area contributed by atoms with Gasteiger partial charge in [-0.25, -0.2) is 8.42 Å². The van der Waals surface area contributed by atoms with Gasteiger partial charge >= 0.3 is 0 Å². The normalized spacial score (nSPS) is 22.5. The molecule has 2 N–H and O–H groups in total. The average Bonchev–Trinajstić information content (AvgIpc) is 3.08. The van der Waals surface area contributed by atoms with E-state index in [-0.39, 0.29) is 35.7 Å². The Labute approximate surface area is 173 Å². The number of sulfonamides is 1. The predicted molar refractivity (Wildman–Crippen MR) is 111 cm³/mol. The lowest BCUT2D eigenvalue weighted by Gasteiger charge is -2.32. The molecule has 1 saturated carbocycles. The third kappa shape index (κ3) is 4.64. The zero-order valence-electron chi connectivity index (χ0n) is 17.4. The van der Waals surface area contributed by atoms with Gasteiger partial charge < -0.3 is 10.6 Å². The highest BCUT2D eigenvalue weighted by Crippen LogP contribution is 2.33. The molecular formula is C21H31N3O4S. The van der Waals surface area contributed by atoms with Gasteiger partial charge in [-0.15, -0.1) is 0 Å². The summed E-state index contributed by atoms with van der Waals surface area (Å²) in [6.07, 6.45) is 4.20. The van der Waals surface area contributed by atoms with Crippen molar-refractivity contribution >= 4 is 21.8 Å². The van der Waals surface area contributed by atoms with Crippen molar-refractivity contribution in [1.29, 1.82) is 0 Å². The van der Waals surface area contributed by atoms with Gasteiger partial charge in [-0.05, 0) is 37.0 Å². The van der Waals surface area contributed by atoms with Crippen LogP contribution in [0.3, 0.4) is 0 Å². The monoisotopic (exact) mass is 421 g/mol. The topological polar surface area (TPSA) is 95.6 Å². The van der Waals surface area contributed by atoms with Crippen LogP contribution in [0.2, 0.25) is 0 Å². The molecule has 1 unspecified atom stereocenters. The molecule has 8 heteroatoms. The minimum atomic E-state index is -3.80. The number of carbonyl (C=O) groups is 2. The zero-order chi connectivity index (χ0) is 21.2. The molecule has 1 heterocycles. The van der Waals surface area contributed by atoms with Crippen molar-refractivity contribution in [2.45, 2.75) is 69.4 Å². The second kappa shape index (κ2) is 8.44. The summed E-state index contributed by atoms with van der Waals surface area (Å²) in [5.41, 5.74) is 0.496. The van der Waals surface area contributed by atoms with E-state index in [1.807, 2.05) is 19.1 Å². The highest BCUT2D eigenvalue weighted by Gasteiger charge is 2.45. The van der Waals surface area contributed by atoms with E-state index in [0.717, 1.165) is 37.7 Å². The summed E-state index contributed by atoms with van der Waals surface area (Å²) in [5, 5.41) is 5.79. The van der Waals surface area contributed by atoms with Gasteiger partial charge in [0.25, 0.3) is 0 Å². The van der Waals surface area contributed by atoms with E-state index < -0.39 is 21.6 Å². The molecule has 0 aromatic heterocycles. The first-order valence-corrected chi connectivity index (χ1v) is 11.8. The summed E-state index contributed by atoms with van der Waals surface area (Å²) in [5.74, 6) is -0.866. The van der Waals surface area contributed by atoms with Gasteiger partial charge in [-0.3, -0.25) is 9.59 Å². The zero-order valence-corrected chi connectivity index (χ0v) is 18.2. The molecule has 0 bridgehead atoms. The first-order valence-electron chi connectivity index (χ1n) is 10.4. The van der Waals surface area contributed by atoms with Gasteiger partial charge in [0.1, 0.15) is 6.04 Å². The maximum absolute atomic E-state index is 13.4. The summed E-state index contributed by atoms with van der Waals surface area (Å²) in [6.45, 7) is 5.66. The van der Waals surface area contributed by atoms with Crippen molar-refractivity contribution in [3.63, 3.8) is 0 Å². The van der Waals surface area contributed by atoms with Crippen LogP contribution in [-0.4, -0.2) is 49.2 Å². The molecule has 160 valence electrons. The fourth-order valence-electron chi connectivity index (χ4n) is 4.09. The van der Waals surface area contributed by atoms with Crippen LogP contribution < -0.4 is 10.6 Å². The van der Waals surface area contributed by atoms with Crippen molar-refractivity contribution in [1.82, 2.24) is 14.9 Å². The average molecular weight is 422 g/mol. The molecule has 0 radical (unpaired) electrons. The Morgan fingerprint density at radius 2 is 1.86 bits per heavy atom. The van der Waals surface area contributed by atoms with Crippen LogP contribution in [0.1, 0.15) is 52.0 Å². The van der Waals surface area contributed by atoms with Crippen molar-refractivity contribution in [3.8, 4) is 0 Å². The largest absolute Gasteiger partial charge is 0.348 e. The third-order valence-electron chi connectivity index (χ3n) is 5.94. The Balaban J connectivity index is 1.94. The van der Waals surface area contributed by atoms with Gasteiger partial charge in [0.2, 0.25) is 21.8 Å². The Morgan fingerprint density at radius 1 is 1.24 bits per heavy atom. The molecular weight excluding hydrogens is 390 g/mol. The SMILES string of the molecule is CCc1ccc(S(=O)(=O)N2CC(NC(=O)C(C)C)C(=O)NC3(CCCC3)C2)cc1. The van der Waals surface area contributed by atoms with Crippen LogP contribution in [0.25, 0.3) is 0 Å². The molecule has 1 atom stereocenters. The van der Waals surface area contributed by atoms with Crippen LogP contribution in [0.15, 0.2) is 29.2 Å². The van der Waals surface area contributed by atoms with Crippen LogP contribution >= 0.6 is 0 Å². The maximum Gasteiger partial charge on any atom is 0.244 e. The number of benzene rings is 1. The van der Waals surface area contributed by atoms with Gasteiger partial charge in [0.15, 0.2) is 0 Å². The van der Waals surface area contributed by atoms with Gasteiger partial charge in [0, 0.05) is 19.0 Å². The first kappa shape index (κ1) is 21.8. The molecule has 1 aromatic carbocycles. The van der Waals surface area contributed by atoms with E-state index in [1.54, 1.807) is 26.0 Å². The van der Waals surface area contributed by atoms with E-state index >= 15 is 0 Å². The molecule has 2 amide bonds. The van der Waals surface area contributed by atoms with Crippen LogP contribution in [0, 0.1) is 5.92 Å². The molecule has 2 aliphatic rings. The molecule has 1 aliphatic carbocycles. The predicted octanol–water partition coefficient (Wildman–Crippen LogP) is 1.82. The van der Waals surface area contributed by atoms with Crippen LogP contribution in [0.5, 0.6) is 0 Å². The van der Waals surface area contributed by atoms with Crippen LogP contribution in [-0.2, 0) is 26.0 Å². The molecule has 3 rings (SSSR count). The van der Waals surface area contributed by atoms with Gasteiger partial charge in [0.05, 0.1) is 10.4 Å². The summed E-state index contributed by atoms with van der Waals surface area (Å²) < 4.78 is 28.2. The van der Waals surface area contributed by atoms with E-state index in [0.29, 0.717) is 0 Å². The number of rotatable bonds is 5. The summed E-state index contributed by atoms with van der Waals surface area (Å²) >= 11 is 0. The van der Waals surface area contributed by atoms with E-state index in [1.165, 1.54) is 4.31 Å². The lowest BCUT2D eigenvalue weighted by molar-refractivity contribution is -0.131. The number of nitrogens with zero attached hydrogens (tertiary/aromatic N) is 1. The van der Waals surface area contributed by atoms with Crippen molar-refractivity contribution < 1.29 is 18.0 Å². The number of hydrogen-bond donors (Lipinski definition) is 2. The molecule has 1 saturated heterocycles. The Kier molecular flexibility index (Phi) is 6.33. The van der Waals surface area contributed by atoms with Gasteiger partial charge in [-0.2, -0.15) is 4.31 Å². The summed E-state index contributed by atoms with van der Waals surface area (Å²) in [6, 6.07) is 5.97. The van der Waals surface area contributed by atoms with Crippen molar-refractivity contribution in [2.75, 3.05) is 13.1 Å². The van der Waals surface area contributed by atoms with E-state index in [2.05, 4.69) is 10.6 Å². The third-order valence-corrected chi connectivity index (χ3v) is 7.77. The molecule has 1 aliphatic heterocycles. The fraction of sp³-hybridized carbons (Fsp3) is 0.619. The smallest absolute Gasteiger partial charge is 0.244 e. The molecule has 2 fully saturated rings. The Bertz CT molecular complexity index is 858. The lowest BCUT2D eigenvalue weighted by atomic mass is 9.98. The fourth-order valence-corrected chi connectivity index (χ4v) is 5.63. The van der Waals surface area contributed by atoms with Crippen LogP contribution in [0.4, 0.5) is 0 Å². The highest BCUT2D eigenvalue weighted by atomic mass is 32.2. The second-order valence-corrected chi connectivity index (χ2v) is 10.4. The minimum absolute atomic E-state index is 0.0656. The highest BCUT2D eigenvalue weighted by molar-refractivity contribution is 7.89. The molecule has 1 aromatic rings. The van der Waals surface area contributed by atoms with Crippen molar-refractivity contribution in [3.05, 3.63) is 29.8 Å². The maximum atomic E-state index is 13.4. The number of amides is 2. The van der Waals surface area contributed by atoms with Gasteiger partial charge in [-0.1, -0.05) is 45.7 Å². The number of hydrogen-bond acceptors (Lipinski definition) is 4. The number of aryl methyl sites for hydroxylation is 1. The number of carbonyl (C=O) groups excluding carboxylic acids is 2. The summed E-state index contributed by atoms with van der Waals surface area (Å²) in [7, 11) is -3.80. The Hall–Kier alpha value is -1.93. The second-order valence-electron chi connectivity index (χ2n) is 8.49. The standard InChI is InChI=1S/C21H31N3O4S/c1-4-16-7-9-17(10-8-16)29(27,28)24-13-18(22-19(25)15(2)3)20(26)23-21(14-24)11-5-6-12-21/h7-10,15,18H,4-6,11-14H2,1-3H3,(H,22,25)(H,23,26). The van der Waals surface area contributed by atoms with E-state index in [4.69, 9.17) is 0 Å². The minimum Gasteiger partial charge on any atom is -0.348 e. The molecule has 7 nitrogen and oxygen atoms in total. The molecule has 29 heavy (non-hydrogen) atoms. The van der Waals surface area contributed by atoms with Crippen molar-refractivity contribution in [2.24, 2.45) is 5.92 Å². The quantitative estimate of drug-likeness (QED) is 0.758. The lowest BCUT2D eigenvalue weighted by Crippen LogP contribution is -2.54. The number of nitrogens with one attached hydrogen (secondary N) is 2. The Morgan fingerprint density at radius 3 is 2.41 bits per heavy atom. The summed E-state index contributed by atoms with van der Waals surface area (Å²) in [4.78, 5) is 25.3. The first-order chi connectivity index (χ1) is 13.7.